The van der Waals surface area contributed by atoms with E-state index in [0.29, 0.717) is 24.8 Å². The summed E-state index contributed by atoms with van der Waals surface area (Å²) in [5.41, 5.74) is 5.81. The van der Waals surface area contributed by atoms with Crippen molar-refractivity contribution in [3.8, 4) is 5.88 Å². The van der Waals surface area contributed by atoms with Gasteiger partial charge in [0.2, 0.25) is 5.88 Å². The average molecular weight is 329 g/mol. The topological polar surface area (TPSA) is 74.4 Å². The normalized spacial score (nSPS) is 16.5. The summed E-state index contributed by atoms with van der Waals surface area (Å²) in [5.74, 6) is 0.252. The van der Waals surface area contributed by atoms with Crippen LogP contribution >= 0.6 is 15.9 Å². The number of aromatic nitrogens is 1. The number of nitrogens with zero attached hydrogens (tertiary/aromatic N) is 1. The summed E-state index contributed by atoms with van der Waals surface area (Å²) in [4.78, 5) is 16.0. The van der Waals surface area contributed by atoms with E-state index in [1.165, 1.54) is 0 Å². The number of esters is 1. The third-order valence-corrected chi connectivity index (χ3v) is 4.04. The van der Waals surface area contributed by atoms with E-state index >= 15 is 0 Å². The lowest BCUT2D eigenvalue weighted by Crippen LogP contribution is -2.44. The van der Waals surface area contributed by atoms with Crippen molar-refractivity contribution in [1.29, 1.82) is 0 Å². The average Bonchev–Trinajstić information content (AvgIpc) is 2.32. The van der Waals surface area contributed by atoms with Gasteiger partial charge in [0, 0.05) is 12.3 Å². The van der Waals surface area contributed by atoms with E-state index in [1.807, 2.05) is 6.92 Å². The molecule has 0 aromatic carbocycles. The minimum absolute atomic E-state index is 0.175. The molecule has 0 saturated heterocycles. The van der Waals surface area contributed by atoms with Crippen molar-refractivity contribution in [3.63, 3.8) is 0 Å². The number of halogens is 1. The summed E-state index contributed by atoms with van der Waals surface area (Å²) in [6.07, 6.45) is 4.22. The van der Waals surface area contributed by atoms with Crippen LogP contribution < -0.4 is 10.5 Å². The zero-order valence-electron chi connectivity index (χ0n) is 10.8. The molecule has 2 N–H and O–H groups in total. The largest absolute Gasteiger partial charge is 0.476 e. The van der Waals surface area contributed by atoms with Crippen LogP contribution in [0.1, 0.15) is 26.2 Å². The lowest BCUT2D eigenvalue weighted by molar-refractivity contribution is -0.163. The van der Waals surface area contributed by atoms with Crippen LogP contribution in [-0.4, -0.2) is 24.2 Å². The first-order valence-corrected chi connectivity index (χ1v) is 7.08. The van der Waals surface area contributed by atoms with Crippen LogP contribution in [0.5, 0.6) is 5.88 Å². The Hall–Kier alpha value is -1.30. The van der Waals surface area contributed by atoms with Crippen molar-refractivity contribution in [2.24, 2.45) is 5.41 Å². The van der Waals surface area contributed by atoms with Gasteiger partial charge in [0.25, 0.3) is 0 Å². The number of hydrogen-bond donors (Lipinski definition) is 1. The third-order valence-electron chi connectivity index (χ3n) is 3.38. The summed E-state index contributed by atoms with van der Waals surface area (Å²) in [7, 11) is 0. The number of nitrogens with two attached hydrogens (primary N) is 1. The zero-order chi connectivity index (χ0) is 13.9. The van der Waals surface area contributed by atoms with Gasteiger partial charge in [-0.3, -0.25) is 4.79 Å². The molecular weight excluding hydrogens is 312 g/mol. The Bertz CT molecular complexity index is 475. The van der Waals surface area contributed by atoms with Crippen LogP contribution in [0.4, 0.5) is 5.69 Å². The summed E-state index contributed by atoms with van der Waals surface area (Å²) in [5, 5.41) is 0. The fraction of sp³-hybridized carbons (Fsp3) is 0.538. The van der Waals surface area contributed by atoms with Crippen molar-refractivity contribution >= 4 is 27.6 Å². The Morgan fingerprint density at radius 3 is 2.84 bits per heavy atom. The highest BCUT2D eigenvalue weighted by atomic mass is 79.9. The van der Waals surface area contributed by atoms with Crippen LogP contribution in [0, 0.1) is 5.41 Å². The van der Waals surface area contributed by atoms with Gasteiger partial charge >= 0.3 is 5.97 Å². The van der Waals surface area contributed by atoms with Gasteiger partial charge in [-0.25, -0.2) is 4.98 Å². The number of nitrogen functional groups attached to an aromatic ring is 1. The van der Waals surface area contributed by atoms with E-state index in [9.17, 15) is 4.79 Å². The van der Waals surface area contributed by atoms with Crippen molar-refractivity contribution < 1.29 is 14.3 Å². The molecule has 1 saturated carbocycles. The number of carbonyl (C=O) groups excluding carboxylic acids is 1. The molecule has 0 unspecified atom stereocenters. The highest BCUT2D eigenvalue weighted by Gasteiger charge is 2.46. The first kappa shape index (κ1) is 14.1. The number of carbonyl (C=O) groups is 1. The first-order chi connectivity index (χ1) is 9.07. The lowest BCUT2D eigenvalue weighted by atomic mass is 9.69. The third kappa shape index (κ3) is 3.00. The van der Waals surface area contributed by atoms with Crippen LogP contribution in [0.3, 0.4) is 0 Å². The molecule has 19 heavy (non-hydrogen) atoms. The molecule has 6 heteroatoms. The second-order valence-corrected chi connectivity index (χ2v) is 5.54. The molecule has 0 amide bonds. The smallest absolute Gasteiger partial charge is 0.315 e. The molecule has 1 aromatic rings. The van der Waals surface area contributed by atoms with Crippen molar-refractivity contribution in [3.05, 3.63) is 16.7 Å². The van der Waals surface area contributed by atoms with Gasteiger partial charge in [-0.1, -0.05) is 6.42 Å². The molecule has 2 rings (SSSR count). The summed E-state index contributed by atoms with van der Waals surface area (Å²) >= 11 is 3.27. The number of anilines is 1. The maximum Gasteiger partial charge on any atom is 0.315 e. The van der Waals surface area contributed by atoms with E-state index in [4.69, 9.17) is 15.2 Å². The van der Waals surface area contributed by atoms with Gasteiger partial charge in [-0.15, -0.1) is 0 Å². The standard InChI is InChI=1S/C13H17BrN2O3/c1-2-18-12(17)13(4-3-5-13)8-19-11-6-10(15)9(14)7-16-11/h6-7H,2-5,8H2,1H3,(H2,15,16). The molecule has 1 heterocycles. The molecule has 0 radical (unpaired) electrons. The van der Waals surface area contributed by atoms with Crippen molar-refractivity contribution in [1.82, 2.24) is 4.98 Å². The second kappa shape index (κ2) is 5.77. The number of pyridine rings is 1. The molecule has 1 fully saturated rings. The Balaban J connectivity index is 2.00. The second-order valence-electron chi connectivity index (χ2n) is 4.69. The van der Waals surface area contributed by atoms with Crippen LogP contribution in [0.15, 0.2) is 16.7 Å². The van der Waals surface area contributed by atoms with E-state index in [0.717, 1.165) is 23.7 Å². The Morgan fingerprint density at radius 1 is 1.58 bits per heavy atom. The molecule has 0 aliphatic heterocycles. The quantitative estimate of drug-likeness (QED) is 0.840. The molecule has 1 aliphatic rings. The predicted molar refractivity (Wildman–Crippen MR) is 74.8 cm³/mol. The van der Waals surface area contributed by atoms with Crippen LogP contribution in [0.2, 0.25) is 0 Å². The lowest BCUT2D eigenvalue weighted by Gasteiger charge is -2.38. The maximum absolute atomic E-state index is 11.9. The summed E-state index contributed by atoms with van der Waals surface area (Å²) in [6.45, 7) is 2.49. The Morgan fingerprint density at radius 2 is 2.32 bits per heavy atom. The molecule has 0 spiro atoms. The maximum atomic E-state index is 11.9. The highest BCUT2D eigenvalue weighted by Crippen LogP contribution is 2.42. The Labute approximate surface area is 120 Å². The van der Waals surface area contributed by atoms with Gasteiger partial charge < -0.3 is 15.2 Å². The minimum atomic E-state index is -0.500. The Kier molecular flexibility index (Phi) is 4.29. The van der Waals surface area contributed by atoms with Gasteiger partial charge in [-0.05, 0) is 35.7 Å². The highest BCUT2D eigenvalue weighted by molar-refractivity contribution is 9.10. The first-order valence-electron chi connectivity index (χ1n) is 6.28. The van der Waals surface area contributed by atoms with E-state index < -0.39 is 5.41 Å². The molecular formula is C13H17BrN2O3. The number of hydrogen-bond acceptors (Lipinski definition) is 5. The molecule has 0 bridgehead atoms. The molecule has 1 aromatic heterocycles. The van der Waals surface area contributed by atoms with Gasteiger partial charge in [0.05, 0.1) is 16.8 Å². The van der Waals surface area contributed by atoms with Gasteiger partial charge in [-0.2, -0.15) is 0 Å². The van der Waals surface area contributed by atoms with Crippen LogP contribution in [0.25, 0.3) is 0 Å². The summed E-state index contributed by atoms with van der Waals surface area (Å²) < 4.78 is 11.4. The number of ether oxygens (including phenoxy) is 2. The monoisotopic (exact) mass is 328 g/mol. The molecule has 5 nitrogen and oxygen atoms in total. The fourth-order valence-corrected chi connectivity index (χ4v) is 2.24. The molecule has 0 atom stereocenters. The zero-order valence-corrected chi connectivity index (χ0v) is 12.4. The van der Waals surface area contributed by atoms with Crippen molar-refractivity contribution in [2.45, 2.75) is 26.2 Å². The predicted octanol–water partition coefficient (Wildman–Crippen LogP) is 2.54. The van der Waals surface area contributed by atoms with Gasteiger partial charge in [0.1, 0.15) is 12.0 Å². The van der Waals surface area contributed by atoms with Crippen LogP contribution in [-0.2, 0) is 9.53 Å². The van der Waals surface area contributed by atoms with Crippen molar-refractivity contribution in [2.75, 3.05) is 18.9 Å². The summed E-state index contributed by atoms with van der Waals surface area (Å²) in [6, 6.07) is 1.64. The SMILES string of the molecule is CCOC(=O)C1(COc2cc(N)c(Br)cn2)CCC1. The number of rotatable bonds is 5. The van der Waals surface area contributed by atoms with E-state index in [1.54, 1.807) is 12.3 Å². The molecule has 1 aliphatic carbocycles. The minimum Gasteiger partial charge on any atom is -0.476 e. The van der Waals surface area contributed by atoms with E-state index in [2.05, 4.69) is 20.9 Å². The van der Waals surface area contributed by atoms with E-state index in [-0.39, 0.29) is 5.97 Å². The van der Waals surface area contributed by atoms with Gasteiger partial charge in [0.15, 0.2) is 0 Å². The fourth-order valence-electron chi connectivity index (χ4n) is 2.02. The molecule has 104 valence electrons.